The predicted octanol–water partition coefficient (Wildman–Crippen LogP) is 1.92. The van der Waals surface area contributed by atoms with Crippen LogP contribution in [0.25, 0.3) is 0 Å². The summed E-state index contributed by atoms with van der Waals surface area (Å²) >= 11 is 0. The summed E-state index contributed by atoms with van der Waals surface area (Å²) in [7, 11) is 0. The van der Waals surface area contributed by atoms with Crippen molar-refractivity contribution in [2.75, 3.05) is 26.3 Å². The number of amides is 2. The van der Waals surface area contributed by atoms with Gasteiger partial charge in [0.25, 0.3) is 5.91 Å². The molecule has 1 aromatic carbocycles. The highest BCUT2D eigenvalue weighted by atomic mass is 16.5. The van der Waals surface area contributed by atoms with Crippen molar-refractivity contribution >= 4 is 17.8 Å². The van der Waals surface area contributed by atoms with Crippen molar-refractivity contribution in [3.63, 3.8) is 0 Å². The van der Waals surface area contributed by atoms with Gasteiger partial charge in [-0.25, -0.2) is 0 Å². The maximum atomic E-state index is 13.0. The normalized spacial score (nSPS) is 24.0. The van der Waals surface area contributed by atoms with E-state index in [0.29, 0.717) is 44.6 Å². The Hall–Kier alpha value is -2.41. The maximum absolute atomic E-state index is 13.0. The Morgan fingerprint density at radius 3 is 2.57 bits per heavy atom. The van der Waals surface area contributed by atoms with Crippen LogP contribution in [0, 0.1) is 11.8 Å². The van der Waals surface area contributed by atoms with Crippen molar-refractivity contribution in [2.24, 2.45) is 11.8 Å². The van der Waals surface area contributed by atoms with Gasteiger partial charge < -0.3 is 20.1 Å². The van der Waals surface area contributed by atoms with Crippen LogP contribution in [0.2, 0.25) is 0 Å². The third-order valence-electron chi connectivity index (χ3n) is 6.03. The molecule has 2 aliphatic heterocycles. The Kier molecular flexibility index (Phi) is 6.34. The zero-order chi connectivity index (χ0) is 20.1. The number of benzene rings is 1. The van der Waals surface area contributed by atoms with Crippen LogP contribution in [-0.2, 0) is 14.3 Å². The summed E-state index contributed by atoms with van der Waals surface area (Å²) in [5.74, 6) is -2.01. The van der Waals surface area contributed by atoms with E-state index in [1.807, 2.05) is 6.07 Å². The minimum absolute atomic E-state index is 0.00927. The van der Waals surface area contributed by atoms with Crippen molar-refractivity contribution in [3.05, 3.63) is 35.9 Å². The lowest BCUT2D eigenvalue weighted by Gasteiger charge is -2.35. The van der Waals surface area contributed by atoms with E-state index in [1.165, 1.54) is 0 Å². The quantitative estimate of drug-likeness (QED) is 0.776. The smallest absolute Gasteiger partial charge is 0.308 e. The SMILES string of the molecule is CC1(C(=O)NCC(C(=O)O)C2CCOCC2)CCCN1C(=O)c1ccccc1. The number of nitrogens with one attached hydrogen (secondary N) is 1. The number of carboxylic acids is 1. The molecule has 2 saturated heterocycles. The summed E-state index contributed by atoms with van der Waals surface area (Å²) < 4.78 is 5.31. The van der Waals surface area contributed by atoms with Crippen molar-refractivity contribution in [3.8, 4) is 0 Å². The summed E-state index contributed by atoms with van der Waals surface area (Å²) in [6.45, 7) is 3.46. The Morgan fingerprint density at radius 1 is 1.25 bits per heavy atom. The Morgan fingerprint density at radius 2 is 1.93 bits per heavy atom. The fourth-order valence-corrected chi connectivity index (χ4v) is 4.23. The van der Waals surface area contributed by atoms with Gasteiger partial charge in [0.2, 0.25) is 5.91 Å². The molecule has 1 aromatic rings. The number of rotatable bonds is 6. The van der Waals surface area contributed by atoms with Crippen LogP contribution in [0.4, 0.5) is 0 Å². The summed E-state index contributed by atoms with van der Waals surface area (Å²) in [6.07, 6.45) is 2.67. The number of ether oxygens (including phenoxy) is 1. The average molecular weight is 388 g/mol. The number of likely N-dealkylation sites (tertiary alicyclic amines) is 1. The fourth-order valence-electron chi connectivity index (χ4n) is 4.23. The summed E-state index contributed by atoms with van der Waals surface area (Å²) in [4.78, 5) is 39.2. The molecule has 0 spiro atoms. The van der Waals surface area contributed by atoms with Crippen LogP contribution >= 0.6 is 0 Å². The van der Waals surface area contributed by atoms with Gasteiger partial charge in [0.1, 0.15) is 5.54 Å². The van der Waals surface area contributed by atoms with Gasteiger partial charge in [-0.2, -0.15) is 0 Å². The van der Waals surface area contributed by atoms with E-state index >= 15 is 0 Å². The highest BCUT2D eigenvalue weighted by Gasteiger charge is 2.46. The van der Waals surface area contributed by atoms with Gasteiger partial charge in [0.15, 0.2) is 0 Å². The van der Waals surface area contributed by atoms with E-state index in [0.717, 1.165) is 6.42 Å². The van der Waals surface area contributed by atoms with Crippen molar-refractivity contribution in [1.82, 2.24) is 10.2 Å². The lowest BCUT2D eigenvalue weighted by Crippen LogP contribution is -2.56. The lowest BCUT2D eigenvalue weighted by atomic mass is 9.85. The van der Waals surface area contributed by atoms with Gasteiger partial charge in [-0.1, -0.05) is 18.2 Å². The Bertz CT molecular complexity index is 717. The number of aliphatic carboxylic acids is 1. The molecule has 0 aromatic heterocycles. The van der Waals surface area contributed by atoms with E-state index in [1.54, 1.807) is 36.1 Å². The Balaban J connectivity index is 1.67. The molecule has 0 saturated carbocycles. The van der Waals surface area contributed by atoms with Crippen molar-refractivity contribution < 1.29 is 24.2 Å². The van der Waals surface area contributed by atoms with Gasteiger partial charge in [0, 0.05) is 31.9 Å². The first kappa shape index (κ1) is 20.3. The van der Waals surface area contributed by atoms with E-state index < -0.39 is 17.4 Å². The highest BCUT2D eigenvalue weighted by molar-refractivity contribution is 5.99. The Labute approximate surface area is 165 Å². The molecule has 7 heteroatoms. The third-order valence-corrected chi connectivity index (χ3v) is 6.03. The minimum atomic E-state index is -0.967. The first-order chi connectivity index (χ1) is 13.4. The molecule has 0 bridgehead atoms. The number of nitrogens with zero attached hydrogens (tertiary/aromatic N) is 1. The highest BCUT2D eigenvalue weighted by Crippen LogP contribution is 2.31. The third kappa shape index (κ3) is 4.19. The van der Waals surface area contributed by atoms with Gasteiger partial charge >= 0.3 is 5.97 Å². The molecule has 2 heterocycles. The van der Waals surface area contributed by atoms with E-state index in [9.17, 15) is 19.5 Å². The zero-order valence-electron chi connectivity index (χ0n) is 16.2. The molecule has 2 unspecified atom stereocenters. The minimum Gasteiger partial charge on any atom is -0.481 e. The monoisotopic (exact) mass is 388 g/mol. The maximum Gasteiger partial charge on any atom is 0.308 e. The summed E-state index contributed by atoms with van der Waals surface area (Å²) in [5.41, 5.74) is -0.417. The second-order valence-corrected chi connectivity index (χ2v) is 7.80. The van der Waals surface area contributed by atoms with E-state index in [4.69, 9.17) is 4.74 Å². The number of carbonyl (C=O) groups excluding carboxylic acids is 2. The molecule has 28 heavy (non-hydrogen) atoms. The van der Waals surface area contributed by atoms with Crippen LogP contribution < -0.4 is 5.32 Å². The zero-order valence-corrected chi connectivity index (χ0v) is 16.2. The van der Waals surface area contributed by atoms with Crippen LogP contribution in [0.5, 0.6) is 0 Å². The second kappa shape index (κ2) is 8.73. The van der Waals surface area contributed by atoms with Crippen molar-refractivity contribution in [1.29, 1.82) is 0 Å². The first-order valence-corrected chi connectivity index (χ1v) is 9.89. The predicted molar refractivity (Wildman–Crippen MR) is 103 cm³/mol. The van der Waals surface area contributed by atoms with Crippen LogP contribution in [0.1, 0.15) is 43.0 Å². The number of hydrogen-bond donors (Lipinski definition) is 2. The van der Waals surface area contributed by atoms with Gasteiger partial charge in [-0.3, -0.25) is 14.4 Å². The largest absolute Gasteiger partial charge is 0.481 e. The molecule has 2 N–H and O–H groups in total. The van der Waals surface area contributed by atoms with E-state index in [-0.39, 0.29) is 24.3 Å². The molecule has 0 radical (unpaired) electrons. The summed E-state index contributed by atoms with van der Waals surface area (Å²) in [6, 6.07) is 8.92. The van der Waals surface area contributed by atoms with Gasteiger partial charge in [-0.15, -0.1) is 0 Å². The van der Waals surface area contributed by atoms with Crippen LogP contribution in [-0.4, -0.2) is 59.6 Å². The second-order valence-electron chi connectivity index (χ2n) is 7.80. The molecular weight excluding hydrogens is 360 g/mol. The van der Waals surface area contributed by atoms with Gasteiger partial charge in [0.05, 0.1) is 5.92 Å². The van der Waals surface area contributed by atoms with E-state index in [2.05, 4.69) is 5.32 Å². The standard InChI is InChI=1S/C21H28N2O5/c1-21(10-5-11-23(21)18(24)16-6-3-2-4-7-16)20(27)22-14-17(19(25)26)15-8-12-28-13-9-15/h2-4,6-7,15,17H,5,8-14H2,1H3,(H,22,27)(H,25,26). The summed E-state index contributed by atoms with van der Waals surface area (Å²) in [5, 5.41) is 12.4. The molecule has 0 aliphatic carbocycles. The molecule has 2 aliphatic rings. The van der Waals surface area contributed by atoms with Crippen LogP contribution in [0.3, 0.4) is 0 Å². The fraction of sp³-hybridized carbons (Fsp3) is 0.571. The average Bonchev–Trinajstić information content (AvgIpc) is 3.11. The molecule has 3 rings (SSSR count). The number of hydrogen-bond acceptors (Lipinski definition) is 4. The molecule has 7 nitrogen and oxygen atoms in total. The number of carboxylic acid groups (broad SMARTS) is 1. The molecule has 2 fully saturated rings. The molecule has 152 valence electrons. The first-order valence-electron chi connectivity index (χ1n) is 9.89. The van der Waals surface area contributed by atoms with Crippen LogP contribution in [0.15, 0.2) is 30.3 Å². The number of carbonyl (C=O) groups is 3. The molecular formula is C21H28N2O5. The molecule has 2 amide bonds. The topological polar surface area (TPSA) is 95.9 Å². The van der Waals surface area contributed by atoms with Gasteiger partial charge in [-0.05, 0) is 50.7 Å². The van der Waals surface area contributed by atoms with Crippen molar-refractivity contribution in [2.45, 2.75) is 38.1 Å². The molecule has 2 atom stereocenters. The lowest BCUT2D eigenvalue weighted by molar-refractivity contribution is -0.145.